The van der Waals surface area contributed by atoms with Crippen molar-refractivity contribution < 1.29 is 4.79 Å². The first-order chi connectivity index (χ1) is 15.6. The zero-order valence-corrected chi connectivity index (χ0v) is 18.3. The molecule has 32 heavy (non-hydrogen) atoms. The van der Waals surface area contributed by atoms with Gasteiger partial charge in [-0.15, -0.1) is 0 Å². The summed E-state index contributed by atoms with van der Waals surface area (Å²) in [7, 11) is 3.95. The predicted molar refractivity (Wildman–Crippen MR) is 131 cm³/mol. The van der Waals surface area contributed by atoms with Gasteiger partial charge in [0.2, 0.25) is 0 Å². The molecule has 0 aliphatic heterocycles. The average molecular weight is 422 g/mol. The molecular weight excluding hydrogens is 394 g/mol. The average Bonchev–Trinajstić information content (AvgIpc) is 2.86. The molecule has 4 aromatic carbocycles. The first kappa shape index (κ1) is 21.3. The van der Waals surface area contributed by atoms with Crippen LogP contribution in [-0.2, 0) is 5.54 Å². The van der Waals surface area contributed by atoms with E-state index >= 15 is 0 Å². The number of hydrazine groups is 1. The molecule has 0 heterocycles. The Bertz CT molecular complexity index is 1050. The lowest BCUT2D eigenvalue weighted by molar-refractivity contribution is 0.0918. The quantitative estimate of drug-likeness (QED) is 0.327. The third-order valence-corrected chi connectivity index (χ3v) is 5.63. The van der Waals surface area contributed by atoms with E-state index in [0.29, 0.717) is 5.56 Å². The van der Waals surface area contributed by atoms with Gasteiger partial charge in [0.05, 0.1) is 0 Å². The summed E-state index contributed by atoms with van der Waals surface area (Å²) in [6, 6.07) is 38.1. The summed E-state index contributed by atoms with van der Waals surface area (Å²) in [5.74, 6) is -0.192. The van der Waals surface area contributed by atoms with Crippen LogP contribution in [0.1, 0.15) is 27.0 Å². The summed E-state index contributed by atoms with van der Waals surface area (Å²) in [6.07, 6.45) is 0. The van der Waals surface area contributed by atoms with E-state index < -0.39 is 5.54 Å². The minimum atomic E-state index is -0.761. The number of anilines is 1. The lowest BCUT2D eigenvalue weighted by atomic mass is 9.77. The van der Waals surface area contributed by atoms with E-state index in [1.807, 2.05) is 97.9 Å². The summed E-state index contributed by atoms with van der Waals surface area (Å²) < 4.78 is 0. The molecule has 1 amide bonds. The number of hydrogen-bond acceptors (Lipinski definition) is 3. The largest absolute Gasteiger partial charge is 0.378 e. The molecule has 0 atom stereocenters. The van der Waals surface area contributed by atoms with Gasteiger partial charge in [0.1, 0.15) is 5.54 Å². The number of rotatable bonds is 7. The normalized spacial score (nSPS) is 11.1. The SMILES string of the molecule is CN(C)c1ccc(C(=O)NNC(c2ccccc2)(c2ccccc2)c2ccccc2)cc1. The Morgan fingerprint density at radius 1 is 0.625 bits per heavy atom. The Hall–Kier alpha value is -3.89. The van der Waals surface area contributed by atoms with Crippen molar-refractivity contribution in [1.29, 1.82) is 0 Å². The lowest BCUT2D eigenvalue weighted by Crippen LogP contribution is -2.53. The Morgan fingerprint density at radius 3 is 1.41 bits per heavy atom. The fourth-order valence-corrected chi connectivity index (χ4v) is 3.91. The van der Waals surface area contributed by atoms with Crippen LogP contribution in [0.5, 0.6) is 0 Å². The van der Waals surface area contributed by atoms with Gasteiger partial charge in [0.25, 0.3) is 5.91 Å². The van der Waals surface area contributed by atoms with E-state index in [-0.39, 0.29) is 5.91 Å². The summed E-state index contributed by atoms with van der Waals surface area (Å²) in [5.41, 5.74) is 10.3. The number of carbonyl (C=O) groups excluding carboxylic acids is 1. The van der Waals surface area contributed by atoms with Gasteiger partial charge in [0.15, 0.2) is 0 Å². The van der Waals surface area contributed by atoms with Crippen LogP contribution in [0.2, 0.25) is 0 Å². The molecule has 4 heteroatoms. The van der Waals surface area contributed by atoms with Gasteiger partial charge >= 0.3 is 0 Å². The summed E-state index contributed by atoms with van der Waals surface area (Å²) in [4.78, 5) is 15.1. The van der Waals surface area contributed by atoms with E-state index in [2.05, 4.69) is 47.2 Å². The van der Waals surface area contributed by atoms with Crippen molar-refractivity contribution in [2.45, 2.75) is 5.54 Å². The molecule has 0 bridgehead atoms. The molecule has 0 unspecified atom stereocenters. The standard InChI is InChI=1S/C28H27N3O/c1-31(2)26-20-18-22(19-21-26)27(32)29-30-28(23-12-6-3-7-13-23,24-14-8-4-9-15-24)25-16-10-5-11-17-25/h3-21,30H,1-2H3,(H,29,32). The summed E-state index contributed by atoms with van der Waals surface area (Å²) in [6.45, 7) is 0. The van der Waals surface area contributed by atoms with Crippen molar-refractivity contribution in [3.8, 4) is 0 Å². The molecule has 4 rings (SSSR count). The van der Waals surface area contributed by atoms with Gasteiger partial charge in [-0.25, -0.2) is 5.43 Å². The second-order valence-corrected chi connectivity index (χ2v) is 7.87. The predicted octanol–water partition coefficient (Wildman–Crippen LogP) is 4.98. The molecule has 160 valence electrons. The zero-order chi connectivity index (χ0) is 22.4. The third kappa shape index (κ3) is 4.27. The Balaban J connectivity index is 1.75. The molecule has 0 aliphatic rings. The van der Waals surface area contributed by atoms with E-state index in [9.17, 15) is 4.79 Å². The molecule has 4 nitrogen and oxygen atoms in total. The zero-order valence-electron chi connectivity index (χ0n) is 18.3. The number of nitrogens with zero attached hydrogens (tertiary/aromatic N) is 1. The van der Waals surface area contributed by atoms with E-state index in [4.69, 9.17) is 0 Å². The number of nitrogens with one attached hydrogen (secondary N) is 2. The molecule has 2 N–H and O–H groups in total. The van der Waals surface area contributed by atoms with E-state index in [1.165, 1.54) is 0 Å². The van der Waals surface area contributed by atoms with Crippen LogP contribution in [-0.4, -0.2) is 20.0 Å². The second-order valence-electron chi connectivity index (χ2n) is 7.87. The van der Waals surface area contributed by atoms with Crippen LogP contribution < -0.4 is 15.8 Å². The van der Waals surface area contributed by atoms with Gasteiger partial charge in [-0.3, -0.25) is 10.2 Å². The molecule has 0 aliphatic carbocycles. The van der Waals surface area contributed by atoms with Crippen molar-refractivity contribution in [3.05, 3.63) is 138 Å². The highest BCUT2D eigenvalue weighted by Gasteiger charge is 2.36. The van der Waals surface area contributed by atoms with Crippen LogP contribution in [0.15, 0.2) is 115 Å². The van der Waals surface area contributed by atoms with Crippen molar-refractivity contribution in [2.24, 2.45) is 0 Å². The van der Waals surface area contributed by atoms with Gasteiger partial charge in [0, 0.05) is 25.3 Å². The fourth-order valence-electron chi connectivity index (χ4n) is 3.91. The highest BCUT2D eigenvalue weighted by Crippen LogP contribution is 2.36. The highest BCUT2D eigenvalue weighted by molar-refractivity contribution is 5.94. The Labute approximate surface area is 189 Å². The molecule has 0 saturated heterocycles. The van der Waals surface area contributed by atoms with Crippen LogP contribution in [0.3, 0.4) is 0 Å². The smallest absolute Gasteiger partial charge is 0.265 e. The highest BCUT2D eigenvalue weighted by atomic mass is 16.2. The number of benzene rings is 4. The molecule has 0 radical (unpaired) electrons. The van der Waals surface area contributed by atoms with Gasteiger partial charge in [-0.05, 0) is 41.0 Å². The van der Waals surface area contributed by atoms with Crippen LogP contribution in [0.4, 0.5) is 5.69 Å². The van der Waals surface area contributed by atoms with Crippen LogP contribution in [0, 0.1) is 0 Å². The van der Waals surface area contributed by atoms with Gasteiger partial charge in [-0.2, -0.15) is 0 Å². The van der Waals surface area contributed by atoms with Crippen molar-refractivity contribution in [3.63, 3.8) is 0 Å². The first-order valence-corrected chi connectivity index (χ1v) is 10.6. The third-order valence-electron chi connectivity index (χ3n) is 5.63. The number of amides is 1. The molecule has 0 aromatic heterocycles. The molecule has 0 fully saturated rings. The maximum atomic E-state index is 13.1. The van der Waals surface area contributed by atoms with Crippen molar-refractivity contribution >= 4 is 11.6 Å². The Kier molecular flexibility index (Phi) is 6.34. The minimum absolute atomic E-state index is 0.192. The monoisotopic (exact) mass is 421 g/mol. The molecule has 4 aromatic rings. The van der Waals surface area contributed by atoms with Crippen LogP contribution in [0.25, 0.3) is 0 Å². The first-order valence-electron chi connectivity index (χ1n) is 10.6. The van der Waals surface area contributed by atoms with E-state index in [0.717, 1.165) is 22.4 Å². The molecule has 0 spiro atoms. The number of hydrogen-bond donors (Lipinski definition) is 2. The topological polar surface area (TPSA) is 44.4 Å². The lowest BCUT2D eigenvalue weighted by Gasteiger charge is -2.37. The summed E-state index contributed by atoms with van der Waals surface area (Å²) in [5, 5.41) is 0. The molecule has 0 saturated carbocycles. The van der Waals surface area contributed by atoms with Crippen LogP contribution >= 0.6 is 0 Å². The van der Waals surface area contributed by atoms with Crippen molar-refractivity contribution in [1.82, 2.24) is 10.9 Å². The molecular formula is C28H27N3O. The minimum Gasteiger partial charge on any atom is -0.378 e. The van der Waals surface area contributed by atoms with E-state index in [1.54, 1.807) is 0 Å². The van der Waals surface area contributed by atoms with Gasteiger partial charge < -0.3 is 4.90 Å². The second kappa shape index (κ2) is 9.50. The van der Waals surface area contributed by atoms with Crippen molar-refractivity contribution in [2.75, 3.05) is 19.0 Å². The van der Waals surface area contributed by atoms with Gasteiger partial charge in [-0.1, -0.05) is 91.0 Å². The number of carbonyl (C=O) groups is 1. The fraction of sp³-hybridized carbons (Fsp3) is 0.107. The maximum Gasteiger partial charge on any atom is 0.265 e. The Morgan fingerprint density at radius 2 is 1.03 bits per heavy atom. The summed E-state index contributed by atoms with van der Waals surface area (Å²) >= 11 is 0. The maximum absolute atomic E-state index is 13.1.